The van der Waals surface area contributed by atoms with Crippen LogP contribution in [0.25, 0.3) is 0 Å². The SMILES string of the molecule is CCC(NCC(C)c1ccccc1)c1ccc(Cl)cc1Cl. The summed E-state index contributed by atoms with van der Waals surface area (Å²) in [6.07, 6.45) is 0.989. The lowest BCUT2D eigenvalue weighted by Crippen LogP contribution is -2.25. The van der Waals surface area contributed by atoms with E-state index in [0.29, 0.717) is 10.9 Å². The third-order valence-electron chi connectivity index (χ3n) is 3.79. The molecule has 21 heavy (non-hydrogen) atoms. The Morgan fingerprint density at radius 2 is 1.76 bits per heavy atom. The van der Waals surface area contributed by atoms with E-state index >= 15 is 0 Å². The van der Waals surface area contributed by atoms with Crippen LogP contribution in [0.4, 0.5) is 0 Å². The van der Waals surface area contributed by atoms with E-state index in [4.69, 9.17) is 23.2 Å². The molecule has 0 spiro atoms. The van der Waals surface area contributed by atoms with Crippen molar-refractivity contribution in [3.05, 3.63) is 69.7 Å². The van der Waals surface area contributed by atoms with Crippen LogP contribution in [0.5, 0.6) is 0 Å². The van der Waals surface area contributed by atoms with E-state index in [1.54, 1.807) is 0 Å². The van der Waals surface area contributed by atoms with Crippen LogP contribution in [0.15, 0.2) is 48.5 Å². The van der Waals surface area contributed by atoms with Gasteiger partial charge in [-0.1, -0.05) is 73.4 Å². The normalized spacial score (nSPS) is 13.9. The number of nitrogens with one attached hydrogen (secondary N) is 1. The standard InChI is InChI=1S/C18H21Cl2N/c1-3-18(16-10-9-15(19)11-17(16)20)21-12-13(2)14-7-5-4-6-8-14/h4-11,13,18,21H,3,12H2,1-2H3. The van der Waals surface area contributed by atoms with Crippen LogP contribution in [0.1, 0.15) is 43.4 Å². The third-order valence-corrected chi connectivity index (χ3v) is 4.35. The summed E-state index contributed by atoms with van der Waals surface area (Å²) in [5.74, 6) is 0.464. The number of rotatable bonds is 6. The molecule has 0 radical (unpaired) electrons. The summed E-state index contributed by atoms with van der Waals surface area (Å²) in [5.41, 5.74) is 2.46. The van der Waals surface area contributed by atoms with Crippen LogP contribution in [0.3, 0.4) is 0 Å². The van der Waals surface area contributed by atoms with Gasteiger partial charge in [-0.3, -0.25) is 0 Å². The van der Waals surface area contributed by atoms with Crippen molar-refractivity contribution in [3.8, 4) is 0 Å². The molecule has 0 aliphatic carbocycles. The van der Waals surface area contributed by atoms with Crippen molar-refractivity contribution in [1.82, 2.24) is 5.32 Å². The summed E-state index contributed by atoms with van der Waals surface area (Å²) in [6, 6.07) is 16.5. The minimum atomic E-state index is 0.251. The second-order valence-electron chi connectivity index (χ2n) is 5.35. The van der Waals surface area contributed by atoms with Crippen LogP contribution in [0, 0.1) is 0 Å². The Morgan fingerprint density at radius 1 is 1.05 bits per heavy atom. The predicted molar refractivity (Wildman–Crippen MR) is 92.4 cm³/mol. The number of benzene rings is 2. The van der Waals surface area contributed by atoms with E-state index in [1.165, 1.54) is 5.56 Å². The first-order valence-corrected chi connectivity index (χ1v) is 8.10. The number of hydrogen-bond donors (Lipinski definition) is 1. The van der Waals surface area contributed by atoms with Gasteiger partial charge in [-0.25, -0.2) is 0 Å². The largest absolute Gasteiger partial charge is 0.309 e. The van der Waals surface area contributed by atoms with Crippen molar-refractivity contribution in [2.45, 2.75) is 32.2 Å². The van der Waals surface area contributed by atoms with Gasteiger partial charge in [0.25, 0.3) is 0 Å². The molecule has 3 heteroatoms. The van der Waals surface area contributed by atoms with E-state index in [2.05, 4.69) is 43.4 Å². The highest BCUT2D eigenvalue weighted by molar-refractivity contribution is 6.35. The maximum atomic E-state index is 6.31. The first-order valence-electron chi connectivity index (χ1n) is 7.35. The Hall–Kier alpha value is -1.02. The first-order chi connectivity index (χ1) is 10.1. The first kappa shape index (κ1) is 16.4. The Balaban J connectivity index is 2.03. The van der Waals surface area contributed by atoms with E-state index < -0.39 is 0 Å². The molecule has 0 saturated heterocycles. The molecule has 0 saturated carbocycles. The Kier molecular flexibility index (Phi) is 6.10. The highest BCUT2D eigenvalue weighted by atomic mass is 35.5. The zero-order valence-electron chi connectivity index (χ0n) is 12.4. The monoisotopic (exact) mass is 321 g/mol. The molecule has 0 fully saturated rings. The van der Waals surface area contributed by atoms with Crippen molar-refractivity contribution in [3.63, 3.8) is 0 Å². The Morgan fingerprint density at radius 3 is 2.38 bits per heavy atom. The molecule has 0 aliphatic heterocycles. The topological polar surface area (TPSA) is 12.0 Å². The molecule has 0 aromatic heterocycles. The van der Waals surface area contributed by atoms with Crippen LogP contribution < -0.4 is 5.32 Å². The minimum absolute atomic E-state index is 0.251. The molecule has 2 aromatic carbocycles. The van der Waals surface area contributed by atoms with Crippen LogP contribution in [-0.2, 0) is 0 Å². The zero-order valence-corrected chi connectivity index (χ0v) is 14.0. The molecule has 0 heterocycles. The fraction of sp³-hybridized carbons (Fsp3) is 0.333. The molecule has 2 unspecified atom stereocenters. The summed E-state index contributed by atoms with van der Waals surface area (Å²) in [5, 5.41) is 5.02. The van der Waals surface area contributed by atoms with E-state index in [-0.39, 0.29) is 6.04 Å². The molecule has 2 atom stereocenters. The van der Waals surface area contributed by atoms with Gasteiger partial charge in [-0.2, -0.15) is 0 Å². The molecule has 2 aromatic rings. The van der Waals surface area contributed by atoms with E-state index in [1.807, 2.05) is 24.3 Å². The second kappa shape index (κ2) is 7.84. The number of halogens is 2. The maximum absolute atomic E-state index is 6.31. The Labute approximate surface area is 137 Å². The van der Waals surface area contributed by atoms with Gasteiger partial charge < -0.3 is 5.32 Å². The van der Waals surface area contributed by atoms with Crippen LogP contribution in [0.2, 0.25) is 10.0 Å². The molecular formula is C18H21Cl2N. The molecule has 112 valence electrons. The van der Waals surface area contributed by atoms with Gasteiger partial charge in [0.15, 0.2) is 0 Å². The molecule has 0 amide bonds. The summed E-state index contributed by atoms with van der Waals surface area (Å²) in [4.78, 5) is 0. The number of hydrogen-bond acceptors (Lipinski definition) is 1. The fourth-order valence-corrected chi connectivity index (χ4v) is 3.02. The van der Waals surface area contributed by atoms with Gasteiger partial charge in [0, 0.05) is 22.6 Å². The summed E-state index contributed by atoms with van der Waals surface area (Å²) in [6.45, 7) is 5.32. The van der Waals surface area contributed by atoms with Crippen molar-refractivity contribution < 1.29 is 0 Å². The third kappa shape index (κ3) is 4.47. The average Bonchev–Trinajstić information content (AvgIpc) is 2.50. The van der Waals surface area contributed by atoms with Crippen molar-refractivity contribution in [2.75, 3.05) is 6.54 Å². The van der Waals surface area contributed by atoms with Gasteiger partial charge in [0.1, 0.15) is 0 Å². The minimum Gasteiger partial charge on any atom is -0.309 e. The molecule has 0 aliphatic rings. The molecule has 2 rings (SSSR count). The molecule has 1 N–H and O–H groups in total. The van der Waals surface area contributed by atoms with Crippen molar-refractivity contribution in [2.24, 2.45) is 0 Å². The fourth-order valence-electron chi connectivity index (χ4n) is 2.48. The predicted octanol–water partition coefficient (Wildman–Crippen LogP) is 5.84. The van der Waals surface area contributed by atoms with E-state index in [9.17, 15) is 0 Å². The summed E-state index contributed by atoms with van der Waals surface area (Å²) >= 11 is 12.3. The van der Waals surface area contributed by atoms with Gasteiger partial charge in [-0.15, -0.1) is 0 Å². The molecule has 1 nitrogen and oxygen atoms in total. The summed E-state index contributed by atoms with van der Waals surface area (Å²) < 4.78 is 0. The lowest BCUT2D eigenvalue weighted by Gasteiger charge is -2.21. The van der Waals surface area contributed by atoms with Gasteiger partial charge in [-0.05, 0) is 35.6 Å². The lowest BCUT2D eigenvalue weighted by atomic mass is 9.99. The van der Waals surface area contributed by atoms with E-state index in [0.717, 1.165) is 23.6 Å². The zero-order chi connectivity index (χ0) is 15.2. The highest BCUT2D eigenvalue weighted by Gasteiger charge is 2.14. The highest BCUT2D eigenvalue weighted by Crippen LogP contribution is 2.28. The Bertz CT molecular complexity index is 569. The maximum Gasteiger partial charge on any atom is 0.0468 e. The van der Waals surface area contributed by atoms with Crippen LogP contribution in [-0.4, -0.2) is 6.54 Å². The van der Waals surface area contributed by atoms with Gasteiger partial charge >= 0.3 is 0 Å². The van der Waals surface area contributed by atoms with Gasteiger partial charge in [0.05, 0.1) is 0 Å². The van der Waals surface area contributed by atoms with Crippen molar-refractivity contribution in [1.29, 1.82) is 0 Å². The molecule has 0 bridgehead atoms. The quantitative estimate of drug-likeness (QED) is 0.704. The smallest absolute Gasteiger partial charge is 0.0468 e. The lowest BCUT2D eigenvalue weighted by molar-refractivity contribution is 0.495. The second-order valence-corrected chi connectivity index (χ2v) is 6.19. The van der Waals surface area contributed by atoms with Crippen LogP contribution >= 0.6 is 23.2 Å². The summed E-state index contributed by atoms with van der Waals surface area (Å²) in [7, 11) is 0. The molecular weight excluding hydrogens is 301 g/mol. The van der Waals surface area contributed by atoms with Gasteiger partial charge in [0.2, 0.25) is 0 Å². The average molecular weight is 322 g/mol. The van der Waals surface area contributed by atoms with Crippen molar-refractivity contribution >= 4 is 23.2 Å².